The van der Waals surface area contributed by atoms with E-state index in [0.717, 1.165) is 6.54 Å². The number of nitrogens with one attached hydrogen (secondary N) is 1. The molecule has 1 aromatic carbocycles. The van der Waals surface area contributed by atoms with Crippen molar-refractivity contribution in [2.45, 2.75) is 32.7 Å². The van der Waals surface area contributed by atoms with Crippen molar-refractivity contribution in [1.29, 1.82) is 0 Å². The average molecular weight is 330 g/mol. The predicted molar refractivity (Wildman–Crippen MR) is 91.0 cm³/mol. The van der Waals surface area contributed by atoms with Crippen LogP contribution < -0.4 is 10.9 Å². The van der Waals surface area contributed by atoms with Crippen molar-refractivity contribution in [3.8, 4) is 0 Å². The summed E-state index contributed by atoms with van der Waals surface area (Å²) in [5, 5.41) is 7.99. The molecule has 7 heteroatoms. The Morgan fingerprint density at radius 3 is 2.75 bits per heavy atom. The molecule has 0 aliphatic carbocycles. The van der Waals surface area contributed by atoms with Crippen molar-refractivity contribution in [1.82, 2.24) is 20.0 Å². The Balaban J connectivity index is 2.06. The van der Waals surface area contributed by atoms with Crippen molar-refractivity contribution >= 4 is 16.7 Å². The van der Waals surface area contributed by atoms with Gasteiger partial charge >= 0.3 is 0 Å². The highest BCUT2D eigenvalue weighted by molar-refractivity contribution is 6.04. The van der Waals surface area contributed by atoms with Gasteiger partial charge in [-0.1, -0.05) is 18.2 Å². The first-order valence-electron chi connectivity index (χ1n) is 8.09. The number of benzene rings is 1. The van der Waals surface area contributed by atoms with E-state index in [1.165, 1.54) is 4.68 Å². The first-order chi connectivity index (χ1) is 11.5. The van der Waals surface area contributed by atoms with E-state index >= 15 is 0 Å². The van der Waals surface area contributed by atoms with Gasteiger partial charge in [0, 0.05) is 25.0 Å². The first kappa shape index (κ1) is 16.6. The smallest absolute Gasteiger partial charge is 0.275 e. The number of aromatic nitrogens is 2. The molecule has 1 aromatic heterocycles. The number of amides is 1. The molecule has 0 radical (unpaired) electrons. The fraction of sp³-hybridized carbons (Fsp3) is 0.471. The molecule has 0 bridgehead atoms. The van der Waals surface area contributed by atoms with Crippen LogP contribution in [-0.2, 0) is 11.4 Å². The minimum Gasteiger partial charge on any atom is -0.376 e. The van der Waals surface area contributed by atoms with Gasteiger partial charge in [0.25, 0.3) is 11.5 Å². The van der Waals surface area contributed by atoms with Gasteiger partial charge in [0.1, 0.15) is 0 Å². The molecule has 0 spiro atoms. The van der Waals surface area contributed by atoms with E-state index < -0.39 is 0 Å². The van der Waals surface area contributed by atoms with Crippen molar-refractivity contribution in [3.63, 3.8) is 0 Å². The minimum absolute atomic E-state index is 0.107. The van der Waals surface area contributed by atoms with Crippen LogP contribution in [0.1, 0.15) is 24.3 Å². The summed E-state index contributed by atoms with van der Waals surface area (Å²) in [6, 6.07) is 7.25. The summed E-state index contributed by atoms with van der Waals surface area (Å²) in [6.07, 6.45) is 0.107. The third-order valence-corrected chi connectivity index (χ3v) is 4.36. The molecule has 0 unspecified atom stereocenters. The van der Waals surface area contributed by atoms with Gasteiger partial charge in [0.2, 0.25) is 0 Å². The Morgan fingerprint density at radius 2 is 2.04 bits per heavy atom. The predicted octanol–water partition coefficient (Wildman–Crippen LogP) is 0.823. The maximum absolute atomic E-state index is 12.8. The fourth-order valence-electron chi connectivity index (χ4n) is 2.96. The highest BCUT2D eigenvalue weighted by Crippen LogP contribution is 2.15. The number of fused-ring (bicyclic) bond motifs is 1. The Labute approximate surface area is 140 Å². The maximum Gasteiger partial charge on any atom is 0.275 e. The number of morpholine rings is 1. The molecule has 1 N–H and O–H groups in total. The van der Waals surface area contributed by atoms with E-state index in [1.54, 1.807) is 31.3 Å². The van der Waals surface area contributed by atoms with E-state index in [2.05, 4.69) is 22.2 Å². The molecule has 2 atom stereocenters. The molecule has 7 nitrogen and oxygen atoms in total. The number of rotatable bonds is 3. The van der Waals surface area contributed by atoms with Crippen molar-refractivity contribution < 1.29 is 9.53 Å². The molecule has 2 aromatic rings. The SMILES string of the molecule is CNC(=O)c1nn(CN2C[C@H](C)OC[C@@H]2C)c(=O)c2ccccc12. The molecule has 24 heavy (non-hydrogen) atoms. The van der Waals surface area contributed by atoms with Crippen LogP contribution in [0.15, 0.2) is 29.1 Å². The Morgan fingerprint density at radius 1 is 1.33 bits per heavy atom. The van der Waals surface area contributed by atoms with Crippen LogP contribution >= 0.6 is 0 Å². The lowest BCUT2D eigenvalue weighted by atomic mass is 10.1. The van der Waals surface area contributed by atoms with Crippen LogP contribution in [0.3, 0.4) is 0 Å². The van der Waals surface area contributed by atoms with Gasteiger partial charge in [0.15, 0.2) is 5.69 Å². The van der Waals surface area contributed by atoms with Gasteiger partial charge in [-0.2, -0.15) is 5.10 Å². The Bertz CT molecular complexity index is 817. The standard InChI is InChI=1S/C17H22N4O3/c1-11-9-24-12(2)8-20(11)10-21-17(23)14-7-5-4-6-13(14)15(19-21)16(22)18-3/h4-7,11-12H,8-10H2,1-3H3,(H,18,22)/t11-,12-/m0/s1. The summed E-state index contributed by atoms with van der Waals surface area (Å²) < 4.78 is 7.00. The summed E-state index contributed by atoms with van der Waals surface area (Å²) in [5.41, 5.74) is 0.0752. The summed E-state index contributed by atoms with van der Waals surface area (Å²) in [5.74, 6) is -0.302. The molecule has 1 amide bonds. The van der Waals surface area contributed by atoms with Gasteiger partial charge in [-0.25, -0.2) is 4.68 Å². The molecule has 128 valence electrons. The van der Waals surface area contributed by atoms with Gasteiger partial charge in [-0.05, 0) is 19.9 Å². The van der Waals surface area contributed by atoms with Crippen LogP contribution in [-0.4, -0.2) is 52.9 Å². The molecule has 1 saturated heterocycles. The maximum atomic E-state index is 12.8. The van der Waals surface area contributed by atoms with Crippen LogP contribution in [0.4, 0.5) is 0 Å². The topological polar surface area (TPSA) is 76.5 Å². The van der Waals surface area contributed by atoms with Crippen LogP contribution in [0, 0.1) is 0 Å². The average Bonchev–Trinajstić information content (AvgIpc) is 2.60. The number of ether oxygens (including phenoxy) is 1. The van der Waals surface area contributed by atoms with Gasteiger partial charge in [0.05, 0.1) is 24.8 Å². The second kappa shape index (κ2) is 6.70. The van der Waals surface area contributed by atoms with Crippen molar-refractivity contribution in [2.24, 2.45) is 0 Å². The van der Waals surface area contributed by atoms with E-state index in [0.29, 0.717) is 24.0 Å². The summed E-state index contributed by atoms with van der Waals surface area (Å²) in [7, 11) is 1.56. The minimum atomic E-state index is -0.302. The lowest BCUT2D eigenvalue weighted by Crippen LogP contribution is -2.49. The largest absolute Gasteiger partial charge is 0.376 e. The number of carbonyl (C=O) groups excluding carboxylic acids is 1. The van der Waals surface area contributed by atoms with E-state index in [9.17, 15) is 9.59 Å². The highest BCUT2D eigenvalue weighted by atomic mass is 16.5. The number of hydrogen-bond donors (Lipinski definition) is 1. The zero-order valence-electron chi connectivity index (χ0n) is 14.2. The lowest BCUT2D eigenvalue weighted by molar-refractivity contribution is -0.0628. The van der Waals surface area contributed by atoms with Gasteiger partial charge in [-0.3, -0.25) is 14.5 Å². The quantitative estimate of drug-likeness (QED) is 0.902. The second-order valence-corrected chi connectivity index (χ2v) is 6.18. The normalized spacial score (nSPS) is 21.8. The summed E-state index contributed by atoms with van der Waals surface area (Å²) in [4.78, 5) is 27.1. The van der Waals surface area contributed by atoms with Crippen LogP contribution in [0.25, 0.3) is 10.8 Å². The van der Waals surface area contributed by atoms with E-state index in [-0.39, 0.29) is 29.3 Å². The molecule has 1 aliphatic heterocycles. The van der Waals surface area contributed by atoms with Crippen LogP contribution in [0.5, 0.6) is 0 Å². The molecule has 0 saturated carbocycles. The lowest BCUT2D eigenvalue weighted by Gasteiger charge is -2.36. The van der Waals surface area contributed by atoms with Gasteiger partial charge < -0.3 is 10.1 Å². The number of hydrogen-bond acceptors (Lipinski definition) is 5. The Kier molecular flexibility index (Phi) is 4.64. The molecular formula is C17H22N4O3. The van der Waals surface area contributed by atoms with E-state index in [1.807, 2.05) is 6.92 Å². The third kappa shape index (κ3) is 3.05. The van der Waals surface area contributed by atoms with Crippen molar-refractivity contribution in [3.05, 3.63) is 40.3 Å². The fourth-order valence-corrected chi connectivity index (χ4v) is 2.96. The summed E-state index contributed by atoms with van der Waals surface area (Å²) in [6.45, 7) is 5.73. The molecule has 1 aliphatic rings. The molecule has 3 rings (SSSR count). The summed E-state index contributed by atoms with van der Waals surface area (Å²) >= 11 is 0. The van der Waals surface area contributed by atoms with Crippen molar-refractivity contribution in [2.75, 3.05) is 20.2 Å². The second-order valence-electron chi connectivity index (χ2n) is 6.18. The number of nitrogens with zero attached hydrogens (tertiary/aromatic N) is 3. The highest BCUT2D eigenvalue weighted by Gasteiger charge is 2.25. The molecular weight excluding hydrogens is 308 g/mol. The molecule has 2 heterocycles. The van der Waals surface area contributed by atoms with Crippen LogP contribution in [0.2, 0.25) is 0 Å². The molecule has 1 fully saturated rings. The zero-order chi connectivity index (χ0) is 17.3. The first-order valence-corrected chi connectivity index (χ1v) is 8.09. The monoisotopic (exact) mass is 330 g/mol. The van der Waals surface area contributed by atoms with Gasteiger partial charge in [-0.15, -0.1) is 0 Å². The Hall–Kier alpha value is -2.25. The number of carbonyl (C=O) groups is 1. The third-order valence-electron chi connectivity index (χ3n) is 4.36. The van der Waals surface area contributed by atoms with E-state index in [4.69, 9.17) is 4.74 Å². The zero-order valence-corrected chi connectivity index (χ0v) is 14.2.